The highest BCUT2D eigenvalue weighted by atomic mass is 32.2. The molecular weight excluding hydrogens is 457 g/mol. The van der Waals surface area contributed by atoms with Crippen molar-refractivity contribution in [2.24, 2.45) is 0 Å². The molecule has 1 aliphatic heterocycles. The lowest BCUT2D eigenvalue weighted by Crippen LogP contribution is -2.49. The lowest BCUT2D eigenvalue weighted by atomic mass is 10.2. The van der Waals surface area contributed by atoms with E-state index in [-0.39, 0.29) is 16.6 Å². The van der Waals surface area contributed by atoms with Crippen LogP contribution < -0.4 is 4.90 Å². The zero-order chi connectivity index (χ0) is 24.3. The first-order valence-corrected chi connectivity index (χ1v) is 12.7. The maximum atomic E-state index is 14.3. The van der Waals surface area contributed by atoms with Gasteiger partial charge in [0.1, 0.15) is 5.82 Å². The molecule has 1 saturated heterocycles. The number of piperazine rings is 1. The van der Waals surface area contributed by atoms with E-state index >= 15 is 0 Å². The van der Waals surface area contributed by atoms with E-state index in [4.69, 9.17) is 0 Å². The first kappa shape index (κ1) is 23.9. The molecule has 34 heavy (non-hydrogen) atoms. The average Bonchev–Trinajstić information content (AvgIpc) is 3.34. The van der Waals surface area contributed by atoms with E-state index < -0.39 is 10.0 Å². The molecule has 8 nitrogen and oxygen atoms in total. The van der Waals surface area contributed by atoms with Crippen LogP contribution in [0.25, 0.3) is 5.69 Å². The van der Waals surface area contributed by atoms with Crippen LogP contribution in [0.5, 0.6) is 0 Å². The number of halogens is 1. The maximum Gasteiger partial charge on any atom is 0.253 e. The van der Waals surface area contributed by atoms with Crippen LogP contribution in [0, 0.1) is 5.82 Å². The van der Waals surface area contributed by atoms with Crippen LogP contribution in [0.4, 0.5) is 10.3 Å². The zero-order valence-corrected chi connectivity index (χ0v) is 20.1. The Kier molecular flexibility index (Phi) is 6.99. The Hall–Kier alpha value is -3.24. The minimum absolute atomic E-state index is 0.149. The van der Waals surface area contributed by atoms with Crippen LogP contribution in [-0.4, -0.2) is 72.3 Å². The highest BCUT2D eigenvalue weighted by Gasteiger charge is 2.26. The van der Waals surface area contributed by atoms with Gasteiger partial charge in [0, 0.05) is 57.2 Å². The van der Waals surface area contributed by atoms with Crippen LogP contribution in [0.3, 0.4) is 0 Å². The molecule has 2 heterocycles. The number of hydrogen-bond donors (Lipinski definition) is 0. The summed E-state index contributed by atoms with van der Waals surface area (Å²) in [5.74, 6) is 0.147. The van der Waals surface area contributed by atoms with Gasteiger partial charge in [-0.3, -0.25) is 9.36 Å². The van der Waals surface area contributed by atoms with Gasteiger partial charge >= 0.3 is 0 Å². The Balaban J connectivity index is 1.43. The molecule has 0 saturated carbocycles. The predicted molar refractivity (Wildman–Crippen MR) is 128 cm³/mol. The van der Waals surface area contributed by atoms with Crippen molar-refractivity contribution in [3.05, 3.63) is 72.3 Å². The van der Waals surface area contributed by atoms with E-state index in [0.717, 1.165) is 0 Å². The number of hydrogen-bond acceptors (Lipinski definition) is 5. The molecule has 0 radical (unpaired) electrons. The lowest BCUT2D eigenvalue weighted by Gasteiger charge is -2.35. The monoisotopic (exact) mass is 485 g/mol. The third kappa shape index (κ3) is 4.55. The van der Waals surface area contributed by atoms with Crippen molar-refractivity contribution < 1.29 is 17.6 Å². The molecule has 0 bridgehead atoms. The Morgan fingerprint density at radius 2 is 1.65 bits per heavy atom. The highest BCUT2D eigenvalue weighted by molar-refractivity contribution is 7.89. The average molecular weight is 486 g/mol. The first-order chi connectivity index (χ1) is 16.4. The second kappa shape index (κ2) is 9.94. The molecule has 2 aromatic carbocycles. The number of anilines is 1. The van der Waals surface area contributed by atoms with Gasteiger partial charge in [-0.1, -0.05) is 26.0 Å². The predicted octanol–water partition coefficient (Wildman–Crippen LogP) is 3.00. The molecule has 0 N–H and O–H groups in total. The Morgan fingerprint density at radius 1 is 1.00 bits per heavy atom. The van der Waals surface area contributed by atoms with Crippen molar-refractivity contribution in [3.8, 4) is 5.69 Å². The summed E-state index contributed by atoms with van der Waals surface area (Å²) in [6.45, 7) is 6.41. The van der Waals surface area contributed by atoms with E-state index in [1.54, 1.807) is 66.0 Å². The smallest absolute Gasteiger partial charge is 0.253 e. The molecule has 180 valence electrons. The molecule has 0 aliphatic carbocycles. The van der Waals surface area contributed by atoms with Gasteiger partial charge in [0.05, 0.1) is 10.6 Å². The summed E-state index contributed by atoms with van der Waals surface area (Å²) < 4.78 is 42.7. The van der Waals surface area contributed by atoms with Crippen LogP contribution in [-0.2, 0) is 10.0 Å². The molecule has 1 amide bonds. The molecule has 4 rings (SSSR count). The minimum atomic E-state index is -3.57. The number of carbonyl (C=O) groups excluding carboxylic acids is 1. The summed E-state index contributed by atoms with van der Waals surface area (Å²) in [6, 6.07) is 12.6. The standard InChI is InChI=1S/C24H28FN5O3S/c1-3-29(4-2)34(32,33)20-11-9-19(10-12-20)23(31)27-15-17-28(18-16-27)24-26-13-14-30(24)22-8-6-5-7-21(22)25/h5-14H,3-4,15-18H2,1-2H3. The van der Waals surface area contributed by atoms with Crippen LogP contribution in [0.2, 0.25) is 0 Å². The van der Waals surface area contributed by atoms with E-state index in [1.165, 1.54) is 22.5 Å². The first-order valence-electron chi connectivity index (χ1n) is 11.3. The third-order valence-electron chi connectivity index (χ3n) is 6.03. The quantitative estimate of drug-likeness (QED) is 0.514. The van der Waals surface area contributed by atoms with Gasteiger partial charge in [-0.15, -0.1) is 0 Å². The molecular formula is C24H28FN5O3S. The Morgan fingerprint density at radius 3 is 2.26 bits per heavy atom. The Bertz CT molecular complexity index is 1250. The summed E-state index contributed by atoms with van der Waals surface area (Å²) in [7, 11) is -3.57. The van der Waals surface area contributed by atoms with E-state index in [0.29, 0.717) is 56.5 Å². The van der Waals surface area contributed by atoms with Crippen LogP contribution in [0.15, 0.2) is 65.8 Å². The van der Waals surface area contributed by atoms with Crippen molar-refractivity contribution in [2.45, 2.75) is 18.7 Å². The fraction of sp³-hybridized carbons (Fsp3) is 0.333. The highest BCUT2D eigenvalue weighted by Crippen LogP contribution is 2.23. The molecule has 0 unspecified atom stereocenters. The lowest BCUT2D eigenvalue weighted by molar-refractivity contribution is 0.0746. The number of carbonyl (C=O) groups is 1. The van der Waals surface area contributed by atoms with Gasteiger partial charge in [0.2, 0.25) is 16.0 Å². The largest absolute Gasteiger partial charge is 0.338 e. The minimum Gasteiger partial charge on any atom is -0.338 e. The number of aromatic nitrogens is 2. The summed E-state index contributed by atoms with van der Waals surface area (Å²) in [5.41, 5.74) is 0.869. The van der Waals surface area contributed by atoms with Gasteiger partial charge in [-0.05, 0) is 36.4 Å². The van der Waals surface area contributed by atoms with Crippen LogP contribution in [0.1, 0.15) is 24.2 Å². The van der Waals surface area contributed by atoms with Crippen molar-refractivity contribution in [1.82, 2.24) is 18.8 Å². The molecule has 3 aromatic rings. The number of amides is 1. The molecule has 1 fully saturated rings. The van der Waals surface area contributed by atoms with E-state index in [1.807, 2.05) is 4.90 Å². The van der Waals surface area contributed by atoms with Gasteiger partial charge in [-0.25, -0.2) is 17.8 Å². The molecule has 0 atom stereocenters. The number of sulfonamides is 1. The SMILES string of the molecule is CCN(CC)S(=O)(=O)c1ccc(C(=O)N2CCN(c3nccn3-c3ccccc3F)CC2)cc1. The molecule has 1 aliphatic rings. The van der Waals surface area contributed by atoms with Crippen LogP contribution >= 0.6 is 0 Å². The number of benzene rings is 2. The Labute approximate surface area is 199 Å². The van der Waals surface area contributed by atoms with Crippen molar-refractivity contribution in [3.63, 3.8) is 0 Å². The zero-order valence-electron chi connectivity index (χ0n) is 19.3. The number of para-hydroxylation sites is 1. The second-order valence-electron chi connectivity index (χ2n) is 7.94. The number of rotatable bonds is 7. The molecule has 1 aromatic heterocycles. The van der Waals surface area contributed by atoms with Gasteiger partial charge in [0.25, 0.3) is 5.91 Å². The maximum absolute atomic E-state index is 14.3. The summed E-state index contributed by atoms with van der Waals surface area (Å²) in [6.07, 6.45) is 3.35. The number of imidazole rings is 1. The van der Waals surface area contributed by atoms with E-state index in [2.05, 4.69) is 4.98 Å². The summed E-state index contributed by atoms with van der Waals surface area (Å²) in [4.78, 5) is 21.4. The fourth-order valence-electron chi connectivity index (χ4n) is 4.14. The van der Waals surface area contributed by atoms with E-state index in [9.17, 15) is 17.6 Å². The second-order valence-corrected chi connectivity index (χ2v) is 9.88. The third-order valence-corrected chi connectivity index (χ3v) is 8.09. The number of nitrogens with zero attached hydrogens (tertiary/aromatic N) is 5. The topological polar surface area (TPSA) is 78.8 Å². The summed E-state index contributed by atoms with van der Waals surface area (Å²) >= 11 is 0. The van der Waals surface area contributed by atoms with Gasteiger partial charge in [-0.2, -0.15) is 4.31 Å². The van der Waals surface area contributed by atoms with Crippen molar-refractivity contribution in [2.75, 3.05) is 44.2 Å². The van der Waals surface area contributed by atoms with Gasteiger partial charge < -0.3 is 9.80 Å². The molecule has 0 spiro atoms. The normalized spacial score (nSPS) is 14.6. The fourth-order valence-corrected chi connectivity index (χ4v) is 5.60. The molecule has 10 heteroatoms. The summed E-state index contributed by atoms with van der Waals surface area (Å²) in [5, 5.41) is 0. The van der Waals surface area contributed by atoms with Crippen molar-refractivity contribution >= 4 is 21.9 Å². The van der Waals surface area contributed by atoms with Crippen molar-refractivity contribution in [1.29, 1.82) is 0 Å². The van der Waals surface area contributed by atoms with Gasteiger partial charge in [0.15, 0.2) is 0 Å².